The van der Waals surface area contributed by atoms with Crippen LogP contribution in [0.5, 0.6) is 0 Å². The molecule has 2 aromatic rings. The van der Waals surface area contributed by atoms with Crippen LogP contribution in [0.25, 0.3) is 11.3 Å². The highest BCUT2D eigenvalue weighted by atomic mass is 32.1. The number of carbonyl (C=O) groups is 1. The molecule has 1 saturated heterocycles. The first-order valence-corrected chi connectivity index (χ1v) is 9.74. The number of hydrogen-bond donors (Lipinski definition) is 2. The molecule has 1 fully saturated rings. The van der Waals surface area contributed by atoms with E-state index in [1.807, 2.05) is 5.38 Å². The Morgan fingerprint density at radius 1 is 1.33 bits per heavy atom. The zero-order valence-corrected chi connectivity index (χ0v) is 14.6. The zero-order valence-electron chi connectivity index (χ0n) is 13.8. The molecular formula is C19H23N3OS. The summed E-state index contributed by atoms with van der Waals surface area (Å²) < 4.78 is 0. The minimum absolute atomic E-state index is 0.0803. The summed E-state index contributed by atoms with van der Waals surface area (Å²) in [6.07, 6.45) is 6.36. The Balaban J connectivity index is 1.36. The Hall–Kier alpha value is -1.72. The molecule has 1 aliphatic heterocycles. The van der Waals surface area contributed by atoms with E-state index in [1.54, 1.807) is 0 Å². The van der Waals surface area contributed by atoms with Crippen molar-refractivity contribution >= 4 is 22.4 Å². The molecule has 126 valence electrons. The molecule has 1 aromatic heterocycles. The molecule has 1 aliphatic carbocycles. The summed E-state index contributed by atoms with van der Waals surface area (Å²) in [6.45, 7) is 2.13. The number of rotatable bonds is 5. The summed E-state index contributed by atoms with van der Waals surface area (Å²) >= 11 is 1.51. The minimum atomic E-state index is 0.0803. The summed E-state index contributed by atoms with van der Waals surface area (Å²) in [4.78, 5) is 16.7. The van der Waals surface area contributed by atoms with Crippen molar-refractivity contribution in [1.82, 2.24) is 10.3 Å². The number of thiazole rings is 1. The van der Waals surface area contributed by atoms with Crippen LogP contribution in [0.15, 0.2) is 23.6 Å². The molecule has 0 saturated carbocycles. The quantitative estimate of drug-likeness (QED) is 0.873. The van der Waals surface area contributed by atoms with E-state index in [1.165, 1.54) is 48.1 Å². The van der Waals surface area contributed by atoms with Gasteiger partial charge in [-0.05, 0) is 68.3 Å². The highest BCUT2D eigenvalue weighted by Gasteiger charge is 2.17. The second-order valence-corrected chi connectivity index (χ2v) is 7.68. The van der Waals surface area contributed by atoms with Gasteiger partial charge in [0.05, 0.1) is 5.69 Å². The van der Waals surface area contributed by atoms with Crippen molar-refractivity contribution in [3.05, 3.63) is 34.7 Å². The standard InChI is InChI=1S/C19H23N3OS/c23-18(7-4-13-8-9-20-11-13)22-19-21-17(12-24-19)16-6-5-14-2-1-3-15(14)10-16/h5-6,10,12-13,20H,1-4,7-9,11H2,(H,21,22,23). The topological polar surface area (TPSA) is 54.0 Å². The first kappa shape index (κ1) is 15.8. The zero-order chi connectivity index (χ0) is 16.4. The summed E-state index contributed by atoms with van der Waals surface area (Å²) in [5, 5.41) is 9.04. The van der Waals surface area contributed by atoms with E-state index >= 15 is 0 Å². The van der Waals surface area contributed by atoms with Gasteiger partial charge in [-0.3, -0.25) is 4.79 Å². The highest BCUT2D eigenvalue weighted by Crippen LogP contribution is 2.30. The fourth-order valence-corrected chi connectivity index (χ4v) is 4.41. The fraction of sp³-hybridized carbons (Fsp3) is 0.474. The van der Waals surface area contributed by atoms with Crippen molar-refractivity contribution in [2.45, 2.75) is 38.5 Å². The Bertz CT molecular complexity index is 734. The summed E-state index contributed by atoms with van der Waals surface area (Å²) in [7, 11) is 0. The number of anilines is 1. The Kier molecular flexibility index (Phi) is 4.63. The van der Waals surface area contributed by atoms with Crippen LogP contribution in [0.2, 0.25) is 0 Å². The molecule has 0 spiro atoms. The van der Waals surface area contributed by atoms with Crippen LogP contribution < -0.4 is 10.6 Å². The smallest absolute Gasteiger partial charge is 0.226 e. The van der Waals surface area contributed by atoms with Crippen LogP contribution in [0.3, 0.4) is 0 Å². The molecule has 1 aromatic carbocycles. The van der Waals surface area contributed by atoms with Gasteiger partial charge in [0, 0.05) is 17.4 Å². The van der Waals surface area contributed by atoms with Crippen molar-refractivity contribution in [3.8, 4) is 11.3 Å². The largest absolute Gasteiger partial charge is 0.316 e. The van der Waals surface area contributed by atoms with Gasteiger partial charge in [-0.25, -0.2) is 4.98 Å². The van der Waals surface area contributed by atoms with Crippen molar-refractivity contribution in [1.29, 1.82) is 0 Å². The second kappa shape index (κ2) is 7.03. The lowest BCUT2D eigenvalue weighted by Crippen LogP contribution is -2.14. The molecule has 0 radical (unpaired) electrons. The van der Waals surface area contributed by atoms with E-state index in [0.29, 0.717) is 17.5 Å². The molecule has 2 aliphatic rings. The van der Waals surface area contributed by atoms with Gasteiger partial charge in [-0.1, -0.05) is 12.1 Å². The average Bonchev–Trinajstić information content (AvgIpc) is 3.33. The van der Waals surface area contributed by atoms with Gasteiger partial charge in [-0.2, -0.15) is 0 Å². The predicted molar refractivity (Wildman–Crippen MR) is 98.4 cm³/mol. The number of benzene rings is 1. The summed E-state index contributed by atoms with van der Waals surface area (Å²) in [5.41, 5.74) is 5.05. The molecule has 1 unspecified atom stereocenters. The van der Waals surface area contributed by atoms with Gasteiger partial charge in [0.15, 0.2) is 5.13 Å². The number of fused-ring (bicyclic) bond motifs is 1. The molecule has 2 heterocycles. The van der Waals surface area contributed by atoms with Crippen LogP contribution in [0, 0.1) is 5.92 Å². The third-order valence-electron chi connectivity index (χ3n) is 5.09. The Labute approximate surface area is 146 Å². The normalized spacial score (nSPS) is 19.4. The maximum Gasteiger partial charge on any atom is 0.226 e. The van der Waals surface area contributed by atoms with Crippen molar-refractivity contribution in [2.75, 3.05) is 18.4 Å². The minimum Gasteiger partial charge on any atom is -0.316 e. The molecule has 24 heavy (non-hydrogen) atoms. The van der Waals surface area contributed by atoms with E-state index in [2.05, 4.69) is 33.8 Å². The fourth-order valence-electron chi connectivity index (χ4n) is 3.67. The van der Waals surface area contributed by atoms with Gasteiger partial charge in [0.2, 0.25) is 5.91 Å². The number of nitrogens with zero attached hydrogens (tertiary/aromatic N) is 1. The molecule has 4 nitrogen and oxygen atoms in total. The SMILES string of the molecule is O=C(CCC1CCNC1)Nc1nc(-c2ccc3c(c2)CCC3)cs1. The highest BCUT2D eigenvalue weighted by molar-refractivity contribution is 7.14. The van der Waals surface area contributed by atoms with Crippen molar-refractivity contribution in [2.24, 2.45) is 5.92 Å². The lowest BCUT2D eigenvalue weighted by atomic mass is 10.0. The average molecular weight is 341 g/mol. The molecule has 1 amide bonds. The number of aromatic nitrogens is 1. The number of hydrogen-bond acceptors (Lipinski definition) is 4. The van der Waals surface area contributed by atoms with Crippen molar-refractivity contribution < 1.29 is 4.79 Å². The van der Waals surface area contributed by atoms with Crippen LogP contribution in [-0.2, 0) is 17.6 Å². The maximum absolute atomic E-state index is 12.1. The number of aryl methyl sites for hydroxylation is 2. The summed E-state index contributed by atoms with van der Waals surface area (Å²) in [5.74, 6) is 0.728. The van der Waals surface area contributed by atoms with Gasteiger partial charge in [0.25, 0.3) is 0 Å². The Morgan fingerprint density at radius 3 is 3.12 bits per heavy atom. The lowest BCUT2D eigenvalue weighted by molar-refractivity contribution is -0.116. The van der Waals surface area contributed by atoms with Crippen LogP contribution in [-0.4, -0.2) is 24.0 Å². The van der Waals surface area contributed by atoms with E-state index in [-0.39, 0.29) is 5.91 Å². The molecule has 0 bridgehead atoms. The summed E-state index contributed by atoms with van der Waals surface area (Å²) in [6, 6.07) is 6.64. The first-order chi connectivity index (χ1) is 11.8. The van der Waals surface area contributed by atoms with Gasteiger partial charge in [-0.15, -0.1) is 11.3 Å². The third kappa shape index (κ3) is 3.52. The van der Waals surface area contributed by atoms with Gasteiger partial charge < -0.3 is 10.6 Å². The number of amides is 1. The molecule has 1 atom stereocenters. The molecule has 4 rings (SSSR count). The van der Waals surface area contributed by atoms with Gasteiger partial charge in [0.1, 0.15) is 0 Å². The van der Waals surface area contributed by atoms with Gasteiger partial charge >= 0.3 is 0 Å². The lowest BCUT2D eigenvalue weighted by Gasteiger charge is -2.07. The van der Waals surface area contributed by atoms with Crippen molar-refractivity contribution in [3.63, 3.8) is 0 Å². The van der Waals surface area contributed by atoms with E-state index in [4.69, 9.17) is 0 Å². The van der Waals surface area contributed by atoms with E-state index in [0.717, 1.165) is 30.8 Å². The molecular weight excluding hydrogens is 318 g/mol. The molecule has 2 N–H and O–H groups in total. The second-order valence-electron chi connectivity index (χ2n) is 6.82. The number of carbonyl (C=O) groups excluding carboxylic acids is 1. The van der Waals surface area contributed by atoms with E-state index < -0.39 is 0 Å². The predicted octanol–water partition coefficient (Wildman–Crippen LogP) is 3.63. The van der Waals surface area contributed by atoms with Crippen LogP contribution in [0.1, 0.15) is 36.8 Å². The third-order valence-corrected chi connectivity index (χ3v) is 5.84. The monoisotopic (exact) mass is 341 g/mol. The van der Waals surface area contributed by atoms with Crippen LogP contribution >= 0.6 is 11.3 Å². The number of nitrogens with one attached hydrogen (secondary N) is 2. The Morgan fingerprint density at radius 2 is 2.25 bits per heavy atom. The van der Waals surface area contributed by atoms with E-state index in [9.17, 15) is 4.79 Å². The first-order valence-electron chi connectivity index (χ1n) is 8.86. The molecule has 5 heteroatoms. The van der Waals surface area contributed by atoms with Crippen LogP contribution in [0.4, 0.5) is 5.13 Å². The maximum atomic E-state index is 12.1.